The molecule has 0 aliphatic rings. The Labute approximate surface area is 124 Å². The van der Waals surface area contributed by atoms with Crippen molar-refractivity contribution in [3.05, 3.63) is 29.8 Å². The van der Waals surface area contributed by atoms with Crippen LogP contribution in [0.25, 0.3) is 0 Å². The van der Waals surface area contributed by atoms with E-state index in [0.717, 1.165) is 0 Å². The lowest BCUT2D eigenvalue weighted by atomic mass is 10.0. The molecule has 6 heteroatoms. The molecule has 1 aromatic carbocycles. The van der Waals surface area contributed by atoms with Crippen LogP contribution in [-0.4, -0.2) is 43.3 Å². The third-order valence-corrected chi connectivity index (χ3v) is 3.18. The molecular formula is C15H21NO5. The second kappa shape index (κ2) is 8.26. The number of para-hydroxylation sites is 1. The highest BCUT2D eigenvalue weighted by atomic mass is 16.5. The van der Waals surface area contributed by atoms with Crippen molar-refractivity contribution in [3.63, 3.8) is 0 Å². The van der Waals surface area contributed by atoms with Crippen LogP contribution in [0.2, 0.25) is 0 Å². The lowest BCUT2D eigenvalue weighted by Crippen LogP contribution is -2.40. The molecule has 21 heavy (non-hydrogen) atoms. The van der Waals surface area contributed by atoms with Gasteiger partial charge in [-0.2, -0.15) is 0 Å². The molecule has 2 N–H and O–H groups in total. The van der Waals surface area contributed by atoms with E-state index in [1.54, 1.807) is 45.2 Å². The number of amides is 1. The van der Waals surface area contributed by atoms with Crippen molar-refractivity contribution in [2.75, 3.05) is 20.3 Å². The van der Waals surface area contributed by atoms with Crippen molar-refractivity contribution in [1.82, 2.24) is 5.32 Å². The van der Waals surface area contributed by atoms with Crippen LogP contribution in [-0.2, 0) is 9.53 Å². The number of aliphatic carboxylic acids is 1. The Morgan fingerprint density at radius 2 is 1.90 bits per heavy atom. The summed E-state index contributed by atoms with van der Waals surface area (Å²) in [5.74, 6) is -1.53. The molecule has 0 saturated carbocycles. The normalized spacial score (nSPS) is 13.3. The number of rotatable bonds is 8. The third-order valence-electron chi connectivity index (χ3n) is 3.18. The van der Waals surface area contributed by atoms with Crippen LogP contribution in [0.5, 0.6) is 5.75 Å². The number of methoxy groups -OCH3 is 1. The van der Waals surface area contributed by atoms with Crippen LogP contribution in [0.4, 0.5) is 0 Å². The Morgan fingerprint density at radius 3 is 2.52 bits per heavy atom. The number of hydrogen-bond donors (Lipinski definition) is 2. The van der Waals surface area contributed by atoms with E-state index in [-0.39, 0.29) is 5.91 Å². The summed E-state index contributed by atoms with van der Waals surface area (Å²) in [4.78, 5) is 23.1. The predicted octanol–water partition coefficient (Wildman–Crippen LogP) is 1.55. The smallest absolute Gasteiger partial charge is 0.308 e. The fourth-order valence-corrected chi connectivity index (χ4v) is 1.64. The van der Waals surface area contributed by atoms with E-state index in [1.165, 1.54) is 0 Å². The van der Waals surface area contributed by atoms with Gasteiger partial charge in [0.1, 0.15) is 12.4 Å². The van der Waals surface area contributed by atoms with Crippen molar-refractivity contribution in [2.24, 2.45) is 5.92 Å². The van der Waals surface area contributed by atoms with Gasteiger partial charge in [-0.3, -0.25) is 9.59 Å². The topological polar surface area (TPSA) is 84.9 Å². The van der Waals surface area contributed by atoms with Crippen LogP contribution in [0, 0.1) is 5.92 Å². The molecular weight excluding hydrogens is 274 g/mol. The molecule has 1 rings (SSSR count). The minimum absolute atomic E-state index is 0.335. The van der Waals surface area contributed by atoms with E-state index in [0.29, 0.717) is 24.5 Å². The largest absolute Gasteiger partial charge is 0.490 e. The van der Waals surface area contributed by atoms with Gasteiger partial charge < -0.3 is 19.9 Å². The maximum atomic E-state index is 12.2. The fraction of sp³-hybridized carbons (Fsp3) is 0.467. The number of carbonyl (C=O) groups excluding carboxylic acids is 1. The third kappa shape index (κ3) is 5.07. The van der Waals surface area contributed by atoms with Gasteiger partial charge in [-0.25, -0.2) is 0 Å². The van der Waals surface area contributed by atoms with Gasteiger partial charge in [0.2, 0.25) is 0 Å². The molecule has 0 aliphatic heterocycles. The van der Waals surface area contributed by atoms with E-state index >= 15 is 0 Å². The highest BCUT2D eigenvalue weighted by Crippen LogP contribution is 2.18. The molecule has 0 saturated heterocycles. The molecule has 0 spiro atoms. The van der Waals surface area contributed by atoms with Gasteiger partial charge in [0, 0.05) is 13.2 Å². The van der Waals surface area contributed by atoms with Gasteiger partial charge in [0.05, 0.1) is 18.1 Å². The Hall–Kier alpha value is -2.08. The number of carbonyl (C=O) groups is 2. The SMILES string of the molecule is COCCOc1ccccc1C(=O)NC(C)C(C)C(=O)O. The Balaban J connectivity index is 2.75. The van der Waals surface area contributed by atoms with Crippen LogP contribution < -0.4 is 10.1 Å². The van der Waals surface area contributed by atoms with E-state index in [4.69, 9.17) is 14.6 Å². The summed E-state index contributed by atoms with van der Waals surface area (Å²) in [7, 11) is 1.57. The number of hydrogen-bond acceptors (Lipinski definition) is 4. The standard InChI is InChI=1S/C15H21NO5/c1-10(15(18)19)11(2)16-14(17)12-6-4-5-7-13(12)21-9-8-20-3/h4-7,10-11H,8-9H2,1-3H3,(H,16,17)(H,18,19). The van der Waals surface area contributed by atoms with Gasteiger partial charge in [0.15, 0.2) is 0 Å². The van der Waals surface area contributed by atoms with E-state index in [9.17, 15) is 9.59 Å². The Bertz CT molecular complexity index is 489. The minimum Gasteiger partial charge on any atom is -0.490 e. The molecule has 1 aromatic rings. The number of nitrogens with one attached hydrogen (secondary N) is 1. The zero-order chi connectivity index (χ0) is 15.8. The molecule has 6 nitrogen and oxygen atoms in total. The van der Waals surface area contributed by atoms with Crippen LogP contribution >= 0.6 is 0 Å². The van der Waals surface area contributed by atoms with Crippen LogP contribution in [0.15, 0.2) is 24.3 Å². The predicted molar refractivity (Wildman–Crippen MR) is 77.5 cm³/mol. The summed E-state index contributed by atoms with van der Waals surface area (Å²) in [6.45, 7) is 3.96. The van der Waals surface area contributed by atoms with Gasteiger partial charge >= 0.3 is 5.97 Å². The van der Waals surface area contributed by atoms with Crippen molar-refractivity contribution in [3.8, 4) is 5.75 Å². The summed E-state index contributed by atoms with van der Waals surface area (Å²) in [6, 6.07) is 6.33. The van der Waals surface area contributed by atoms with E-state index in [2.05, 4.69) is 5.32 Å². The summed E-state index contributed by atoms with van der Waals surface area (Å²) < 4.78 is 10.4. The summed E-state index contributed by atoms with van der Waals surface area (Å²) in [5, 5.41) is 11.6. The lowest BCUT2D eigenvalue weighted by molar-refractivity contribution is -0.141. The summed E-state index contributed by atoms with van der Waals surface area (Å²) in [6.07, 6.45) is 0. The maximum absolute atomic E-state index is 12.2. The Morgan fingerprint density at radius 1 is 1.24 bits per heavy atom. The molecule has 1 amide bonds. The zero-order valence-electron chi connectivity index (χ0n) is 12.5. The second-order valence-corrected chi connectivity index (χ2v) is 4.73. The second-order valence-electron chi connectivity index (χ2n) is 4.73. The lowest BCUT2D eigenvalue weighted by Gasteiger charge is -2.19. The monoisotopic (exact) mass is 295 g/mol. The van der Waals surface area contributed by atoms with Crippen molar-refractivity contribution in [1.29, 1.82) is 0 Å². The highest BCUT2D eigenvalue weighted by molar-refractivity contribution is 5.97. The van der Waals surface area contributed by atoms with Crippen molar-refractivity contribution in [2.45, 2.75) is 19.9 Å². The fourth-order valence-electron chi connectivity index (χ4n) is 1.64. The van der Waals surface area contributed by atoms with Gasteiger partial charge in [-0.15, -0.1) is 0 Å². The molecule has 2 unspecified atom stereocenters. The van der Waals surface area contributed by atoms with E-state index < -0.39 is 17.9 Å². The summed E-state index contributed by atoms with van der Waals surface area (Å²) in [5.41, 5.74) is 0.373. The molecule has 0 aliphatic carbocycles. The zero-order valence-corrected chi connectivity index (χ0v) is 12.5. The van der Waals surface area contributed by atoms with Crippen LogP contribution in [0.1, 0.15) is 24.2 Å². The average molecular weight is 295 g/mol. The van der Waals surface area contributed by atoms with Gasteiger partial charge in [-0.1, -0.05) is 12.1 Å². The Kier molecular flexibility index (Phi) is 6.68. The number of carboxylic acid groups (broad SMARTS) is 1. The van der Waals surface area contributed by atoms with Crippen LogP contribution in [0.3, 0.4) is 0 Å². The molecule has 0 heterocycles. The molecule has 0 fully saturated rings. The molecule has 2 atom stereocenters. The first-order chi connectivity index (χ1) is 9.97. The highest BCUT2D eigenvalue weighted by Gasteiger charge is 2.22. The number of benzene rings is 1. The number of carboxylic acids is 1. The molecule has 0 bridgehead atoms. The van der Waals surface area contributed by atoms with Gasteiger partial charge in [0.25, 0.3) is 5.91 Å². The number of ether oxygens (including phenoxy) is 2. The first kappa shape index (κ1) is 17.0. The minimum atomic E-state index is -0.951. The van der Waals surface area contributed by atoms with Crippen molar-refractivity contribution >= 4 is 11.9 Å². The molecule has 116 valence electrons. The molecule has 0 aromatic heterocycles. The summed E-state index contributed by atoms with van der Waals surface area (Å²) >= 11 is 0. The first-order valence-electron chi connectivity index (χ1n) is 6.71. The quantitative estimate of drug-likeness (QED) is 0.711. The van der Waals surface area contributed by atoms with E-state index in [1.807, 2.05) is 0 Å². The molecule has 0 radical (unpaired) electrons. The van der Waals surface area contributed by atoms with Crippen molar-refractivity contribution < 1.29 is 24.2 Å². The average Bonchev–Trinajstić information content (AvgIpc) is 2.46. The maximum Gasteiger partial charge on any atom is 0.308 e. The van der Waals surface area contributed by atoms with Gasteiger partial charge in [-0.05, 0) is 26.0 Å². The first-order valence-corrected chi connectivity index (χ1v) is 6.71.